The third-order valence-corrected chi connectivity index (χ3v) is 7.20. The van der Waals surface area contributed by atoms with Gasteiger partial charge < -0.3 is 9.88 Å². The molecule has 1 amide bonds. The SMILES string of the molecule is C=CCn1c(CCc2ccccc2)nnc1SCC(=O)Nc1nc(-c2ccc(C)c(C)c2)cs1. The Balaban J connectivity index is 1.35. The summed E-state index contributed by atoms with van der Waals surface area (Å²) in [5, 5.41) is 14.9. The Hall–Kier alpha value is -3.23. The van der Waals surface area contributed by atoms with E-state index in [0.717, 1.165) is 29.9 Å². The van der Waals surface area contributed by atoms with Gasteiger partial charge in [0.05, 0.1) is 11.4 Å². The second-order valence-electron chi connectivity index (χ2n) is 7.96. The Morgan fingerprint density at radius 2 is 1.94 bits per heavy atom. The monoisotopic (exact) mass is 489 g/mol. The van der Waals surface area contributed by atoms with E-state index in [2.05, 4.69) is 71.3 Å². The number of amides is 1. The molecule has 174 valence electrons. The van der Waals surface area contributed by atoms with E-state index in [-0.39, 0.29) is 11.7 Å². The van der Waals surface area contributed by atoms with E-state index < -0.39 is 0 Å². The predicted octanol–water partition coefficient (Wildman–Crippen LogP) is 5.72. The average Bonchev–Trinajstić information content (AvgIpc) is 3.46. The number of aryl methyl sites for hydroxylation is 4. The van der Waals surface area contributed by atoms with Gasteiger partial charge in [-0.15, -0.1) is 28.1 Å². The Morgan fingerprint density at radius 3 is 2.71 bits per heavy atom. The molecule has 2 aromatic heterocycles. The summed E-state index contributed by atoms with van der Waals surface area (Å²) in [6, 6.07) is 16.6. The summed E-state index contributed by atoms with van der Waals surface area (Å²) in [7, 11) is 0. The van der Waals surface area contributed by atoms with Gasteiger partial charge in [-0.3, -0.25) is 4.79 Å². The first-order valence-corrected chi connectivity index (χ1v) is 12.9. The Labute approximate surface area is 208 Å². The molecule has 2 heterocycles. The summed E-state index contributed by atoms with van der Waals surface area (Å²) < 4.78 is 2.02. The number of allylic oxidation sites excluding steroid dienone is 1. The quantitative estimate of drug-likeness (QED) is 0.228. The summed E-state index contributed by atoms with van der Waals surface area (Å²) >= 11 is 2.80. The van der Waals surface area contributed by atoms with Crippen molar-refractivity contribution in [2.24, 2.45) is 0 Å². The first-order chi connectivity index (χ1) is 16.5. The number of anilines is 1. The van der Waals surface area contributed by atoms with Crippen LogP contribution in [0.1, 0.15) is 22.5 Å². The molecule has 0 unspecified atom stereocenters. The third-order valence-electron chi connectivity index (χ3n) is 5.47. The Bertz CT molecular complexity index is 1280. The fourth-order valence-corrected chi connectivity index (χ4v) is 4.98. The maximum absolute atomic E-state index is 12.6. The molecule has 0 aliphatic rings. The molecule has 0 fully saturated rings. The average molecular weight is 490 g/mol. The number of hydrogen-bond donors (Lipinski definition) is 1. The van der Waals surface area contributed by atoms with Crippen molar-refractivity contribution in [2.75, 3.05) is 11.1 Å². The lowest BCUT2D eigenvalue weighted by Crippen LogP contribution is -2.14. The second-order valence-corrected chi connectivity index (χ2v) is 9.76. The smallest absolute Gasteiger partial charge is 0.236 e. The van der Waals surface area contributed by atoms with Crippen LogP contribution in [0.25, 0.3) is 11.3 Å². The van der Waals surface area contributed by atoms with Crippen molar-refractivity contribution in [3.63, 3.8) is 0 Å². The van der Waals surface area contributed by atoms with Gasteiger partial charge in [0.2, 0.25) is 5.91 Å². The van der Waals surface area contributed by atoms with Gasteiger partial charge in [0.1, 0.15) is 5.82 Å². The van der Waals surface area contributed by atoms with Gasteiger partial charge in [-0.1, -0.05) is 60.3 Å². The van der Waals surface area contributed by atoms with E-state index in [1.54, 1.807) is 0 Å². The minimum Gasteiger partial charge on any atom is -0.302 e. The Morgan fingerprint density at radius 1 is 1.12 bits per heavy atom. The van der Waals surface area contributed by atoms with Crippen LogP contribution in [0.5, 0.6) is 0 Å². The largest absolute Gasteiger partial charge is 0.302 e. The standard InChI is InChI=1S/C26H27N5OS2/c1-4-14-31-23(13-11-20-8-6-5-7-9-20)29-30-26(31)34-17-24(32)28-25-27-22(16-33-25)21-12-10-18(2)19(3)15-21/h4-10,12,15-16H,1,11,13-14,17H2,2-3H3,(H,27,28,32). The highest BCUT2D eigenvalue weighted by Crippen LogP contribution is 2.27. The lowest BCUT2D eigenvalue weighted by molar-refractivity contribution is -0.113. The van der Waals surface area contributed by atoms with Crippen molar-refractivity contribution in [1.29, 1.82) is 0 Å². The lowest BCUT2D eigenvalue weighted by atomic mass is 10.1. The van der Waals surface area contributed by atoms with Crippen LogP contribution in [0.15, 0.2) is 71.7 Å². The number of aromatic nitrogens is 4. The van der Waals surface area contributed by atoms with Crippen molar-refractivity contribution < 1.29 is 4.79 Å². The fraction of sp³-hybridized carbons (Fsp3) is 0.231. The fourth-order valence-electron chi connectivity index (χ4n) is 3.47. The number of thioether (sulfide) groups is 1. The molecular formula is C26H27N5OS2. The molecule has 8 heteroatoms. The minimum atomic E-state index is -0.120. The van der Waals surface area contributed by atoms with Crippen LogP contribution in [-0.2, 0) is 24.2 Å². The summed E-state index contributed by atoms with van der Waals surface area (Å²) in [5.41, 5.74) is 5.64. The van der Waals surface area contributed by atoms with Gasteiger partial charge in [-0.05, 0) is 43.0 Å². The summed E-state index contributed by atoms with van der Waals surface area (Å²) in [6.45, 7) is 8.63. The van der Waals surface area contributed by atoms with E-state index >= 15 is 0 Å². The number of thiazole rings is 1. The number of hydrogen-bond acceptors (Lipinski definition) is 6. The molecule has 0 bridgehead atoms. The van der Waals surface area contributed by atoms with Gasteiger partial charge in [0, 0.05) is 23.9 Å². The van der Waals surface area contributed by atoms with Crippen LogP contribution in [0, 0.1) is 13.8 Å². The minimum absolute atomic E-state index is 0.120. The van der Waals surface area contributed by atoms with Crippen molar-refractivity contribution >= 4 is 34.1 Å². The molecule has 0 saturated heterocycles. The molecule has 2 aromatic carbocycles. The maximum Gasteiger partial charge on any atom is 0.236 e. The Kier molecular flexibility index (Phi) is 7.92. The lowest BCUT2D eigenvalue weighted by Gasteiger charge is -2.08. The zero-order valence-electron chi connectivity index (χ0n) is 19.3. The van der Waals surface area contributed by atoms with Gasteiger partial charge in [0.25, 0.3) is 0 Å². The van der Waals surface area contributed by atoms with E-state index in [0.29, 0.717) is 16.8 Å². The van der Waals surface area contributed by atoms with Crippen LogP contribution >= 0.6 is 23.1 Å². The second kappa shape index (κ2) is 11.3. The zero-order valence-corrected chi connectivity index (χ0v) is 21.0. The summed E-state index contributed by atoms with van der Waals surface area (Å²) in [6.07, 6.45) is 3.48. The molecular weight excluding hydrogens is 462 g/mol. The highest BCUT2D eigenvalue weighted by atomic mass is 32.2. The molecule has 4 aromatic rings. The molecule has 1 N–H and O–H groups in total. The van der Waals surface area contributed by atoms with Crippen molar-refractivity contribution in [3.05, 3.63) is 89.1 Å². The van der Waals surface area contributed by atoms with Crippen molar-refractivity contribution in [3.8, 4) is 11.3 Å². The molecule has 0 radical (unpaired) electrons. The molecule has 34 heavy (non-hydrogen) atoms. The highest BCUT2D eigenvalue weighted by molar-refractivity contribution is 7.99. The topological polar surface area (TPSA) is 72.7 Å². The van der Waals surface area contributed by atoms with Crippen LogP contribution in [0.3, 0.4) is 0 Å². The van der Waals surface area contributed by atoms with Gasteiger partial charge in [-0.2, -0.15) is 0 Å². The number of nitrogens with one attached hydrogen (secondary N) is 1. The predicted molar refractivity (Wildman–Crippen MR) is 140 cm³/mol. The van der Waals surface area contributed by atoms with Crippen LogP contribution in [-0.4, -0.2) is 31.4 Å². The van der Waals surface area contributed by atoms with Crippen LogP contribution in [0.4, 0.5) is 5.13 Å². The number of rotatable bonds is 10. The van der Waals surface area contributed by atoms with Gasteiger partial charge in [-0.25, -0.2) is 4.98 Å². The molecule has 0 aliphatic carbocycles. The van der Waals surface area contributed by atoms with E-state index in [9.17, 15) is 4.79 Å². The normalized spacial score (nSPS) is 10.9. The van der Waals surface area contributed by atoms with Gasteiger partial charge in [0.15, 0.2) is 10.3 Å². The summed E-state index contributed by atoms with van der Waals surface area (Å²) in [4.78, 5) is 17.2. The van der Waals surface area contributed by atoms with Crippen LogP contribution in [0.2, 0.25) is 0 Å². The third kappa shape index (κ3) is 6.01. The van der Waals surface area contributed by atoms with E-state index in [1.165, 1.54) is 39.8 Å². The van der Waals surface area contributed by atoms with Gasteiger partial charge >= 0.3 is 0 Å². The zero-order chi connectivity index (χ0) is 23.9. The molecule has 0 saturated carbocycles. The molecule has 0 atom stereocenters. The van der Waals surface area contributed by atoms with Crippen LogP contribution < -0.4 is 5.32 Å². The van der Waals surface area contributed by atoms with Crippen molar-refractivity contribution in [2.45, 2.75) is 38.4 Å². The molecule has 0 spiro atoms. The number of carbonyl (C=O) groups excluding carboxylic acids is 1. The number of nitrogens with zero attached hydrogens (tertiary/aromatic N) is 4. The van der Waals surface area contributed by atoms with E-state index in [4.69, 9.17) is 0 Å². The number of carbonyl (C=O) groups is 1. The molecule has 4 rings (SSSR count). The maximum atomic E-state index is 12.6. The van der Waals surface area contributed by atoms with Crippen molar-refractivity contribution in [1.82, 2.24) is 19.7 Å². The van der Waals surface area contributed by atoms with E-state index in [1.807, 2.05) is 34.2 Å². The number of benzene rings is 2. The first kappa shape index (κ1) is 23.9. The molecule has 6 nitrogen and oxygen atoms in total. The first-order valence-electron chi connectivity index (χ1n) is 11.1. The summed E-state index contributed by atoms with van der Waals surface area (Å²) in [5.74, 6) is 1.00. The highest BCUT2D eigenvalue weighted by Gasteiger charge is 2.15. The molecule has 0 aliphatic heterocycles.